The smallest absolute Gasteiger partial charge is 0.306 e. The maximum atomic E-state index is 13.5. The first kappa shape index (κ1) is 14.2. The Bertz CT molecular complexity index is 425. The summed E-state index contributed by atoms with van der Waals surface area (Å²) in [7, 11) is 3.02. The van der Waals surface area contributed by atoms with Crippen LogP contribution in [0.4, 0.5) is 10.1 Å². The van der Waals surface area contributed by atoms with Gasteiger partial charge in [0.25, 0.3) is 0 Å². The normalized spacial score (nSPS) is 12.0. The Hall–Kier alpha value is -1.82. The number of nitrogens with zero attached hydrogens (tertiary/aromatic N) is 1. The highest BCUT2D eigenvalue weighted by molar-refractivity contribution is 5.67. The monoisotopic (exact) mass is 257 g/mol. The summed E-state index contributed by atoms with van der Waals surface area (Å²) in [6.07, 6.45) is -1.35. The first-order chi connectivity index (χ1) is 8.43. The van der Waals surface area contributed by atoms with Gasteiger partial charge in [-0.15, -0.1) is 0 Å². The Kier molecular flexibility index (Phi) is 4.91. The van der Waals surface area contributed by atoms with Crippen molar-refractivity contribution in [2.45, 2.75) is 12.5 Å². The summed E-state index contributed by atoms with van der Waals surface area (Å²) in [4.78, 5) is 12.0. The molecule has 0 heterocycles. The summed E-state index contributed by atoms with van der Waals surface area (Å²) in [5.41, 5.74) is 0.540. The van der Waals surface area contributed by atoms with Crippen LogP contribution >= 0.6 is 0 Å². The first-order valence-electron chi connectivity index (χ1n) is 5.38. The van der Waals surface area contributed by atoms with Crippen LogP contribution in [-0.2, 0) is 4.79 Å². The Morgan fingerprint density at radius 2 is 2.22 bits per heavy atom. The van der Waals surface area contributed by atoms with E-state index in [1.54, 1.807) is 18.0 Å². The van der Waals surface area contributed by atoms with Gasteiger partial charge in [0.2, 0.25) is 0 Å². The fourth-order valence-corrected chi connectivity index (χ4v) is 1.58. The lowest BCUT2D eigenvalue weighted by atomic mass is 10.2. The molecule has 0 aliphatic heterocycles. The number of ether oxygens (including phenoxy) is 1. The molecule has 6 heteroatoms. The van der Waals surface area contributed by atoms with Crippen LogP contribution < -0.4 is 9.64 Å². The maximum Gasteiger partial charge on any atom is 0.306 e. The van der Waals surface area contributed by atoms with Crippen molar-refractivity contribution in [2.75, 3.05) is 25.6 Å². The maximum absolute atomic E-state index is 13.5. The molecular formula is C12H16FNO4. The van der Waals surface area contributed by atoms with Gasteiger partial charge in [0.15, 0.2) is 11.6 Å². The average Bonchev–Trinajstić information content (AvgIpc) is 2.27. The van der Waals surface area contributed by atoms with E-state index in [4.69, 9.17) is 9.84 Å². The van der Waals surface area contributed by atoms with E-state index in [1.165, 1.54) is 19.2 Å². The molecule has 100 valence electrons. The molecule has 1 atom stereocenters. The molecule has 1 rings (SSSR count). The third kappa shape index (κ3) is 3.89. The zero-order valence-corrected chi connectivity index (χ0v) is 10.3. The number of hydrogen-bond acceptors (Lipinski definition) is 4. The molecule has 2 N–H and O–H groups in total. The molecule has 0 spiro atoms. The SMILES string of the molecule is COc1ccc(N(C)CC(O)CC(=O)O)cc1F. The van der Waals surface area contributed by atoms with E-state index in [1.807, 2.05) is 0 Å². The van der Waals surface area contributed by atoms with E-state index in [0.29, 0.717) is 5.69 Å². The van der Waals surface area contributed by atoms with E-state index in [2.05, 4.69) is 0 Å². The van der Waals surface area contributed by atoms with E-state index >= 15 is 0 Å². The van der Waals surface area contributed by atoms with Crippen molar-refractivity contribution < 1.29 is 24.1 Å². The van der Waals surface area contributed by atoms with E-state index in [9.17, 15) is 14.3 Å². The van der Waals surface area contributed by atoms with E-state index in [0.717, 1.165) is 0 Å². The summed E-state index contributed by atoms with van der Waals surface area (Å²) < 4.78 is 18.2. The van der Waals surface area contributed by atoms with Gasteiger partial charge in [0, 0.05) is 25.3 Å². The number of benzene rings is 1. The average molecular weight is 257 g/mol. The second kappa shape index (κ2) is 6.20. The lowest BCUT2D eigenvalue weighted by molar-refractivity contribution is -0.139. The van der Waals surface area contributed by atoms with Crippen molar-refractivity contribution in [3.05, 3.63) is 24.0 Å². The van der Waals surface area contributed by atoms with Crippen LogP contribution in [-0.4, -0.2) is 43.0 Å². The second-order valence-electron chi connectivity index (χ2n) is 3.95. The van der Waals surface area contributed by atoms with Crippen LogP contribution in [0.1, 0.15) is 6.42 Å². The Balaban J connectivity index is 2.69. The van der Waals surface area contributed by atoms with Crippen molar-refractivity contribution in [2.24, 2.45) is 0 Å². The zero-order chi connectivity index (χ0) is 13.7. The zero-order valence-electron chi connectivity index (χ0n) is 10.3. The Morgan fingerprint density at radius 1 is 1.56 bits per heavy atom. The molecule has 0 fully saturated rings. The molecule has 0 aromatic heterocycles. The number of anilines is 1. The van der Waals surface area contributed by atoms with Crippen molar-refractivity contribution >= 4 is 11.7 Å². The molecule has 1 aromatic carbocycles. The Labute approximate surface area is 104 Å². The standard InChI is InChI=1S/C12H16FNO4/c1-14(7-9(15)6-12(16)17)8-3-4-11(18-2)10(13)5-8/h3-5,9,15H,6-7H2,1-2H3,(H,16,17). The van der Waals surface area contributed by atoms with Crippen LogP contribution in [0.2, 0.25) is 0 Å². The molecule has 0 aliphatic carbocycles. The summed E-state index contributed by atoms with van der Waals surface area (Å²) in [6, 6.07) is 4.38. The minimum Gasteiger partial charge on any atom is -0.494 e. The number of hydrogen-bond donors (Lipinski definition) is 2. The van der Waals surface area contributed by atoms with Crippen molar-refractivity contribution in [1.29, 1.82) is 0 Å². The predicted octanol–water partition coefficient (Wildman–Crippen LogP) is 1.11. The number of methoxy groups -OCH3 is 1. The fourth-order valence-electron chi connectivity index (χ4n) is 1.58. The minimum absolute atomic E-state index is 0.109. The number of rotatable bonds is 6. The van der Waals surface area contributed by atoms with Gasteiger partial charge in [-0.1, -0.05) is 0 Å². The molecule has 1 aromatic rings. The Morgan fingerprint density at radius 3 is 2.72 bits per heavy atom. The lowest BCUT2D eigenvalue weighted by Crippen LogP contribution is -2.30. The van der Waals surface area contributed by atoms with Crippen molar-refractivity contribution in [3.63, 3.8) is 0 Å². The molecular weight excluding hydrogens is 241 g/mol. The van der Waals surface area contributed by atoms with Crippen molar-refractivity contribution in [1.82, 2.24) is 0 Å². The lowest BCUT2D eigenvalue weighted by Gasteiger charge is -2.22. The third-order valence-electron chi connectivity index (χ3n) is 2.47. The molecule has 18 heavy (non-hydrogen) atoms. The minimum atomic E-state index is -1.07. The summed E-state index contributed by atoms with van der Waals surface area (Å²) in [5, 5.41) is 18.0. The highest BCUT2D eigenvalue weighted by atomic mass is 19.1. The van der Waals surface area contributed by atoms with E-state index in [-0.39, 0.29) is 18.7 Å². The predicted molar refractivity (Wildman–Crippen MR) is 64.5 cm³/mol. The van der Waals surface area contributed by atoms with Gasteiger partial charge in [-0.05, 0) is 12.1 Å². The number of carbonyl (C=O) groups is 1. The second-order valence-corrected chi connectivity index (χ2v) is 3.95. The molecule has 0 bridgehead atoms. The van der Waals surface area contributed by atoms with Gasteiger partial charge in [-0.2, -0.15) is 0 Å². The van der Waals surface area contributed by atoms with Gasteiger partial charge in [-0.3, -0.25) is 4.79 Å². The van der Waals surface area contributed by atoms with Gasteiger partial charge in [0.1, 0.15) is 0 Å². The molecule has 0 amide bonds. The van der Waals surface area contributed by atoms with Gasteiger partial charge in [-0.25, -0.2) is 4.39 Å². The number of carboxylic acids is 1. The van der Waals surface area contributed by atoms with E-state index < -0.39 is 17.9 Å². The number of likely N-dealkylation sites (N-methyl/N-ethyl adjacent to an activating group) is 1. The highest BCUT2D eigenvalue weighted by Gasteiger charge is 2.14. The van der Waals surface area contributed by atoms with Gasteiger partial charge in [0.05, 0.1) is 19.6 Å². The summed E-state index contributed by atoms with van der Waals surface area (Å²) in [6.45, 7) is 0.109. The molecule has 0 saturated heterocycles. The molecule has 5 nitrogen and oxygen atoms in total. The number of aliphatic hydroxyl groups is 1. The number of aliphatic carboxylic acids is 1. The van der Waals surface area contributed by atoms with Gasteiger partial charge >= 0.3 is 5.97 Å². The molecule has 0 saturated carbocycles. The number of aliphatic hydroxyl groups excluding tert-OH is 1. The first-order valence-corrected chi connectivity index (χ1v) is 5.38. The molecule has 0 radical (unpaired) electrons. The summed E-state index contributed by atoms with van der Waals surface area (Å²) in [5.74, 6) is -1.44. The molecule has 1 unspecified atom stereocenters. The fraction of sp³-hybridized carbons (Fsp3) is 0.417. The highest BCUT2D eigenvalue weighted by Crippen LogP contribution is 2.22. The van der Waals surface area contributed by atoms with Gasteiger partial charge < -0.3 is 19.8 Å². The topological polar surface area (TPSA) is 70.0 Å². The summed E-state index contributed by atoms with van der Waals surface area (Å²) >= 11 is 0. The number of carboxylic acid groups (broad SMARTS) is 1. The van der Waals surface area contributed by atoms with Crippen LogP contribution in [0.3, 0.4) is 0 Å². The number of halogens is 1. The molecule has 0 aliphatic rings. The van der Waals surface area contributed by atoms with Crippen LogP contribution in [0.15, 0.2) is 18.2 Å². The van der Waals surface area contributed by atoms with Crippen LogP contribution in [0.5, 0.6) is 5.75 Å². The third-order valence-corrected chi connectivity index (χ3v) is 2.47. The van der Waals surface area contributed by atoms with Crippen molar-refractivity contribution in [3.8, 4) is 5.75 Å². The largest absolute Gasteiger partial charge is 0.494 e. The van der Waals surface area contributed by atoms with Crippen LogP contribution in [0, 0.1) is 5.82 Å². The van der Waals surface area contributed by atoms with Crippen LogP contribution in [0.25, 0.3) is 0 Å². The quantitative estimate of drug-likeness (QED) is 0.798.